The smallest absolute Gasteiger partial charge is 0.416 e. The Kier molecular flexibility index (Phi) is 6.29. The first-order valence-corrected chi connectivity index (χ1v) is 8.33. The molecule has 26 heavy (non-hydrogen) atoms. The van der Waals surface area contributed by atoms with E-state index >= 15 is 0 Å². The second-order valence-electron chi connectivity index (χ2n) is 6.08. The van der Waals surface area contributed by atoms with Gasteiger partial charge in [-0.1, -0.05) is 18.2 Å². The molecular formula is C20H23F3N2O. The Balaban J connectivity index is 2.46. The van der Waals surface area contributed by atoms with Gasteiger partial charge in [-0.15, -0.1) is 0 Å². The molecule has 0 bridgehead atoms. The molecule has 0 unspecified atom stereocenters. The van der Waals surface area contributed by atoms with Gasteiger partial charge in [0.25, 0.3) is 0 Å². The van der Waals surface area contributed by atoms with Crippen LogP contribution in [0.4, 0.5) is 18.9 Å². The predicted molar refractivity (Wildman–Crippen MR) is 98.4 cm³/mol. The van der Waals surface area contributed by atoms with Crippen molar-refractivity contribution in [2.75, 3.05) is 20.7 Å². The quantitative estimate of drug-likeness (QED) is 0.518. The van der Waals surface area contributed by atoms with Crippen LogP contribution in [0.15, 0.2) is 41.4 Å². The molecule has 0 radical (unpaired) electrons. The summed E-state index contributed by atoms with van der Waals surface area (Å²) >= 11 is 0. The molecular weight excluding hydrogens is 341 g/mol. The minimum absolute atomic E-state index is 0.158. The van der Waals surface area contributed by atoms with Crippen LogP contribution in [0.3, 0.4) is 0 Å². The highest BCUT2D eigenvalue weighted by molar-refractivity contribution is 5.65. The van der Waals surface area contributed by atoms with E-state index in [0.717, 1.165) is 23.7 Å². The molecule has 6 heteroatoms. The fourth-order valence-electron chi connectivity index (χ4n) is 2.56. The average Bonchev–Trinajstić information content (AvgIpc) is 2.61. The number of nitrogens with zero attached hydrogens (tertiary/aromatic N) is 2. The van der Waals surface area contributed by atoms with Gasteiger partial charge in [0, 0.05) is 19.7 Å². The lowest BCUT2D eigenvalue weighted by atomic mass is 9.95. The Morgan fingerprint density at radius 2 is 1.85 bits per heavy atom. The summed E-state index contributed by atoms with van der Waals surface area (Å²) in [6.07, 6.45) is -2.52. The van der Waals surface area contributed by atoms with E-state index < -0.39 is 11.7 Å². The zero-order valence-electron chi connectivity index (χ0n) is 15.4. The Morgan fingerprint density at radius 1 is 1.15 bits per heavy atom. The summed E-state index contributed by atoms with van der Waals surface area (Å²) in [6.45, 7) is 4.67. The number of methoxy groups -OCH3 is 1. The largest absolute Gasteiger partial charge is 0.497 e. The topological polar surface area (TPSA) is 24.8 Å². The number of ether oxygens (including phenoxy) is 1. The van der Waals surface area contributed by atoms with Gasteiger partial charge in [0.15, 0.2) is 0 Å². The summed E-state index contributed by atoms with van der Waals surface area (Å²) in [5.74, 6) is 0.571. The van der Waals surface area contributed by atoms with E-state index in [1.807, 2.05) is 25.8 Å². The monoisotopic (exact) mass is 364 g/mol. The van der Waals surface area contributed by atoms with Crippen molar-refractivity contribution < 1.29 is 17.9 Å². The van der Waals surface area contributed by atoms with Crippen LogP contribution in [0.25, 0.3) is 0 Å². The van der Waals surface area contributed by atoms with Crippen LogP contribution in [0, 0.1) is 6.92 Å². The second-order valence-corrected chi connectivity index (χ2v) is 6.08. The van der Waals surface area contributed by atoms with Crippen LogP contribution < -0.4 is 4.74 Å². The molecule has 2 aromatic carbocycles. The summed E-state index contributed by atoms with van der Waals surface area (Å²) < 4.78 is 45.1. The van der Waals surface area contributed by atoms with Crippen LogP contribution in [0.2, 0.25) is 0 Å². The molecule has 3 nitrogen and oxygen atoms in total. The molecule has 0 heterocycles. The minimum Gasteiger partial charge on any atom is -0.497 e. The van der Waals surface area contributed by atoms with Crippen molar-refractivity contribution in [1.29, 1.82) is 0 Å². The summed E-state index contributed by atoms with van der Waals surface area (Å²) in [6, 6.07) is 9.20. The van der Waals surface area contributed by atoms with Crippen molar-refractivity contribution in [2.45, 2.75) is 26.4 Å². The van der Waals surface area contributed by atoms with Gasteiger partial charge >= 0.3 is 6.18 Å². The van der Waals surface area contributed by atoms with Crippen LogP contribution in [0.1, 0.15) is 29.2 Å². The van der Waals surface area contributed by atoms with Gasteiger partial charge in [0.05, 0.1) is 24.7 Å². The number of alkyl halides is 3. The Bertz CT molecular complexity index is 785. The van der Waals surface area contributed by atoms with Crippen molar-refractivity contribution >= 4 is 12.0 Å². The van der Waals surface area contributed by atoms with Crippen molar-refractivity contribution in [2.24, 2.45) is 4.99 Å². The van der Waals surface area contributed by atoms with Gasteiger partial charge < -0.3 is 9.64 Å². The molecule has 0 fully saturated rings. The van der Waals surface area contributed by atoms with Gasteiger partial charge in [-0.3, -0.25) is 0 Å². The molecule has 140 valence electrons. The van der Waals surface area contributed by atoms with Crippen LogP contribution >= 0.6 is 0 Å². The molecule has 2 rings (SSSR count). The Hall–Kier alpha value is -2.50. The molecule has 0 amide bonds. The Labute approximate surface area is 152 Å². The summed E-state index contributed by atoms with van der Waals surface area (Å²) in [7, 11) is 3.43. The third kappa shape index (κ3) is 4.77. The van der Waals surface area contributed by atoms with E-state index in [-0.39, 0.29) is 12.0 Å². The third-order valence-electron chi connectivity index (χ3n) is 4.29. The molecule has 2 aromatic rings. The molecule has 0 aliphatic heterocycles. The van der Waals surface area contributed by atoms with Crippen molar-refractivity contribution in [1.82, 2.24) is 4.90 Å². The van der Waals surface area contributed by atoms with E-state index in [9.17, 15) is 13.2 Å². The van der Waals surface area contributed by atoms with Gasteiger partial charge in [-0.05, 0) is 49.1 Å². The van der Waals surface area contributed by atoms with E-state index in [4.69, 9.17) is 4.74 Å². The van der Waals surface area contributed by atoms with Crippen LogP contribution in [0.5, 0.6) is 5.75 Å². The normalized spacial score (nSPS) is 11.8. The highest BCUT2D eigenvalue weighted by atomic mass is 19.4. The maximum absolute atomic E-state index is 13.3. The van der Waals surface area contributed by atoms with E-state index in [2.05, 4.69) is 4.99 Å². The number of halogens is 3. The molecule has 0 aromatic heterocycles. The first-order chi connectivity index (χ1) is 12.3. The first-order valence-electron chi connectivity index (χ1n) is 8.33. The van der Waals surface area contributed by atoms with Crippen molar-refractivity contribution in [3.8, 4) is 5.75 Å². The predicted octanol–water partition coefficient (Wildman–Crippen LogP) is 5.22. The maximum Gasteiger partial charge on any atom is 0.416 e. The van der Waals surface area contributed by atoms with E-state index in [1.165, 1.54) is 19.2 Å². The molecule has 0 aliphatic rings. The standard InChI is InChI=1S/C20H23F3N2O/c1-5-25(3)13-24-19-12-17(26-4)11-16(14(19)2)10-15-8-6-7-9-18(15)20(21,22)23/h6-9,11-13H,5,10H2,1-4H3/b24-13+. The van der Waals surface area contributed by atoms with Crippen LogP contribution in [-0.2, 0) is 12.6 Å². The number of hydrogen-bond acceptors (Lipinski definition) is 2. The summed E-state index contributed by atoms with van der Waals surface area (Å²) in [5.41, 5.74) is 1.90. The first kappa shape index (κ1) is 19.8. The maximum atomic E-state index is 13.3. The number of aliphatic imine (C=N–C) groups is 1. The molecule has 0 spiro atoms. The third-order valence-corrected chi connectivity index (χ3v) is 4.29. The SMILES string of the molecule is CCN(C)/C=N/c1cc(OC)cc(Cc2ccccc2C(F)(F)F)c1C. The summed E-state index contributed by atoms with van der Waals surface area (Å²) in [4.78, 5) is 6.37. The van der Waals surface area contributed by atoms with Gasteiger partial charge in [0.1, 0.15) is 5.75 Å². The fraction of sp³-hybridized carbons (Fsp3) is 0.350. The van der Waals surface area contributed by atoms with E-state index in [1.54, 1.807) is 24.5 Å². The molecule has 0 aliphatic carbocycles. The van der Waals surface area contributed by atoms with Gasteiger partial charge in [0.2, 0.25) is 0 Å². The lowest BCUT2D eigenvalue weighted by molar-refractivity contribution is -0.138. The molecule has 0 saturated heterocycles. The average molecular weight is 364 g/mol. The summed E-state index contributed by atoms with van der Waals surface area (Å²) in [5, 5.41) is 0. The lowest BCUT2D eigenvalue weighted by Crippen LogP contribution is -2.14. The van der Waals surface area contributed by atoms with Gasteiger partial charge in [-0.25, -0.2) is 4.99 Å². The zero-order chi connectivity index (χ0) is 19.3. The Morgan fingerprint density at radius 3 is 2.46 bits per heavy atom. The lowest BCUT2D eigenvalue weighted by Gasteiger charge is -2.16. The molecule has 0 atom stereocenters. The fourth-order valence-corrected chi connectivity index (χ4v) is 2.56. The molecule has 0 N–H and O–H groups in total. The highest BCUT2D eigenvalue weighted by Gasteiger charge is 2.32. The molecule has 0 saturated carbocycles. The van der Waals surface area contributed by atoms with E-state index in [0.29, 0.717) is 11.4 Å². The number of benzene rings is 2. The van der Waals surface area contributed by atoms with Gasteiger partial charge in [-0.2, -0.15) is 13.2 Å². The number of hydrogen-bond donors (Lipinski definition) is 0. The van der Waals surface area contributed by atoms with Crippen LogP contribution in [-0.4, -0.2) is 31.9 Å². The zero-order valence-corrected chi connectivity index (χ0v) is 15.4. The minimum atomic E-state index is -4.38. The second kappa shape index (κ2) is 8.25. The number of rotatable bonds is 6. The van der Waals surface area contributed by atoms with Crippen molar-refractivity contribution in [3.05, 3.63) is 58.7 Å². The highest BCUT2D eigenvalue weighted by Crippen LogP contribution is 2.35. The van der Waals surface area contributed by atoms with Crippen molar-refractivity contribution in [3.63, 3.8) is 0 Å².